The summed E-state index contributed by atoms with van der Waals surface area (Å²) in [5, 5.41) is 6.64. The summed E-state index contributed by atoms with van der Waals surface area (Å²) in [6.07, 6.45) is 5.38. The summed E-state index contributed by atoms with van der Waals surface area (Å²) in [5.41, 5.74) is 0.801. The van der Waals surface area contributed by atoms with E-state index in [4.69, 9.17) is 9.47 Å². The predicted octanol–water partition coefficient (Wildman–Crippen LogP) is 4.35. The second kappa shape index (κ2) is 8.01. The van der Waals surface area contributed by atoms with Crippen molar-refractivity contribution >= 4 is 11.6 Å². The Morgan fingerprint density at radius 2 is 1.74 bits per heavy atom. The molecule has 0 aromatic heterocycles. The molecular formula is C22H26N2O3. The van der Waals surface area contributed by atoms with Gasteiger partial charge in [0.05, 0.1) is 7.11 Å². The average molecular weight is 366 g/mol. The van der Waals surface area contributed by atoms with Crippen LogP contribution in [0.1, 0.15) is 32.1 Å². The van der Waals surface area contributed by atoms with E-state index in [1.165, 1.54) is 12.8 Å². The summed E-state index contributed by atoms with van der Waals surface area (Å²) >= 11 is 0. The molecule has 27 heavy (non-hydrogen) atoms. The van der Waals surface area contributed by atoms with E-state index >= 15 is 0 Å². The van der Waals surface area contributed by atoms with Crippen molar-refractivity contribution in [3.63, 3.8) is 0 Å². The minimum Gasteiger partial charge on any atom is -0.497 e. The quantitative estimate of drug-likeness (QED) is 0.798. The lowest BCUT2D eigenvalue weighted by molar-refractivity contribution is -0.117. The van der Waals surface area contributed by atoms with Crippen molar-refractivity contribution in [1.29, 1.82) is 0 Å². The van der Waals surface area contributed by atoms with Gasteiger partial charge in [0.25, 0.3) is 0 Å². The fourth-order valence-electron chi connectivity index (χ4n) is 4.22. The third-order valence-electron chi connectivity index (χ3n) is 5.46. The molecule has 2 N–H and O–H groups in total. The molecule has 1 amide bonds. The van der Waals surface area contributed by atoms with Gasteiger partial charge >= 0.3 is 0 Å². The number of methoxy groups -OCH3 is 1. The molecular weight excluding hydrogens is 340 g/mol. The molecule has 0 radical (unpaired) electrons. The second-order valence-electron chi connectivity index (χ2n) is 7.53. The summed E-state index contributed by atoms with van der Waals surface area (Å²) < 4.78 is 11.0. The van der Waals surface area contributed by atoms with Gasteiger partial charge in [-0.25, -0.2) is 0 Å². The highest BCUT2D eigenvalue weighted by Crippen LogP contribution is 2.33. The number of anilines is 1. The number of piperidine rings is 1. The highest BCUT2D eigenvalue weighted by Gasteiger charge is 2.34. The molecule has 2 aliphatic rings. The number of hydrogen-bond donors (Lipinski definition) is 2. The van der Waals surface area contributed by atoms with Gasteiger partial charge in [-0.05, 0) is 68.0 Å². The first-order valence-electron chi connectivity index (χ1n) is 9.66. The van der Waals surface area contributed by atoms with E-state index in [1.807, 2.05) is 48.5 Å². The van der Waals surface area contributed by atoms with Gasteiger partial charge in [0.15, 0.2) is 0 Å². The summed E-state index contributed by atoms with van der Waals surface area (Å²) in [4.78, 5) is 12.4. The van der Waals surface area contributed by atoms with Crippen LogP contribution in [-0.4, -0.2) is 25.1 Å². The molecule has 0 spiro atoms. The van der Waals surface area contributed by atoms with Crippen molar-refractivity contribution in [3.05, 3.63) is 48.5 Å². The number of rotatable bonds is 6. The van der Waals surface area contributed by atoms with Gasteiger partial charge in [0, 0.05) is 30.3 Å². The van der Waals surface area contributed by atoms with Crippen LogP contribution in [0.25, 0.3) is 0 Å². The van der Waals surface area contributed by atoms with Crippen LogP contribution in [0.4, 0.5) is 5.69 Å². The SMILES string of the molecule is COc1cccc(Oc2ccc(NC(=O)CC3CC4CCC(C3)N4)cc2)c1. The van der Waals surface area contributed by atoms with E-state index in [0.717, 1.165) is 30.0 Å². The minimum atomic E-state index is 0.0998. The molecule has 2 saturated heterocycles. The van der Waals surface area contributed by atoms with Gasteiger partial charge in [0.1, 0.15) is 17.2 Å². The third kappa shape index (κ3) is 4.61. The third-order valence-corrected chi connectivity index (χ3v) is 5.46. The van der Waals surface area contributed by atoms with Crippen LogP contribution in [0, 0.1) is 5.92 Å². The van der Waals surface area contributed by atoms with Crippen LogP contribution in [0.2, 0.25) is 0 Å². The Kier molecular flexibility index (Phi) is 5.30. The highest BCUT2D eigenvalue weighted by molar-refractivity contribution is 5.90. The molecule has 0 saturated carbocycles. The molecule has 5 heteroatoms. The van der Waals surface area contributed by atoms with E-state index in [9.17, 15) is 4.79 Å². The highest BCUT2D eigenvalue weighted by atomic mass is 16.5. The predicted molar refractivity (Wildman–Crippen MR) is 105 cm³/mol. The summed E-state index contributed by atoms with van der Waals surface area (Å²) in [5.74, 6) is 2.78. The lowest BCUT2D eigenvalue weighted by Crippen LogP contribution is -2.39. The maximum atomic E-state index is 12.4. The lowest BCUT2D eigenvalue weighted by atomic mass is 9.89. The van der Waals surface area contributed by atoms with E-state index in [1.54, 1.807) is 7.11 Å². The average Bonchev–Trinajstić information content (AvgIpc) is 3.02. The zero-order valence-electron chi connectivity index (χ0n) is 15.6. The zero-order valence-corrected chi connectivity index (χ0v) is 15.6. The first kappa shape index (κ1) is 17.9. The minimum absolute atomic E-state index is 0.0998. The second-order valence-corrected chi connectivity index (χ2v) is 7.53. The summed E-state index contributed by atoms with van der Waals surface area (Å²) in [7, 11) is 1.63. The number of fused-ring (bicyclic) bond motifs is 2. The Bertz CT molecular complexity index is 778. The van der Waals surface area contributed by atoms with Crippen molar-refractivity contribution < 1.29 is 14.3 Å². The Morgan fingerprint density at radius 3 is 2.44 bits per heavy atom. The van der Waals surface area contributed by atoms with Gasteiger partial charge in [-0.1, -0.05) is 6.07 Å². The van der Waals surface area contributed by atoms with Crippen LogP contribution >= 0.6 is 0 Å². The monoisotopic (exact) mass is 366 g/mol. The number of carbonyl (C=O) groups is 1. The van der Waals surface area contributed by atoms with Gasteiger partial charge < -0.3 is 20.1 Å². The fraction of sp³-hybridized carbons (Fsp3) is 0.409. The Labute approximate surface area is 160 Å². The molecule has 142 valence electrons. The van der Waals surface area contributed by atoms with Crippen LogP contribution < -0.4 is 20.1 Å². The fourth-order valence-corrected chi connectivity index (χ4v) is 4.22. The van der Waals surface area contributed by atoms with Crippen LogP contribution in [0.15, 0.2) is 48.5 Å². The normalized spacial score (nSPS) is 23.7. The lowest BCUT2D eigenvalue weighted by Gasteiger charge is -2.28. The smallest absolute Gasteiger partial charge is 0.224 e. The standard InChI is InChI=1S/C22H26N2O3/c1-26-20-3-2-4-21(14-20)27-19-9-7-16(8-10-19)24-22(25)13-15-11-17-5-6-18(12-15)23-17/h2-4,7-10,14-15,17-18,23H,5-6,11-13H2,1H3,(H,24,25). The van der Waals surface area contributed by atoms with E-state index in [-0.39, 0.29) is 5.91 Å². The first-order valence-corrected chi connectivity index (χ1v) is 9.66. The van der Waals surface area contributed by atoms with E-state index in [2.05, 4.69) is 10.6 Å². The number of carbonyl (C=O) groups excluding carboxylic acids is 1. The van der Waals surface area contributed by atoms with Crippen LogP contribution in [-0.2, 0) is 4.79 Å². The van der Waals surface area contributed by atoms with E-state index < -0.39 is 0 Å². The maximum absolute atomic E-state index is 12.4. The van der Waals surface area contributed by atoms with Gasteiger partial charge in [-0.2, -0.15) is 0 Å². The Hall–Kier alpha value is -2.53. The number of ether oxygens (including phenoxy) is 2. The topological polar surface area (TPSA) is 59.6 Å². The molecule has 4 rings (SSSR count). The number of nitrogens with one attached hydrogen (secondary N) is 2. The molecule has 2 fully saturated rings. The molecule has 2 aromatic rings. The molecule has 5 nitrogen and oxygen atoms in total. The first-order chi connectivity index (χ1) is 13.2. The number of hydrogen-bond acceptors (Lipinski definition) is 4. The maximum Gasteiger partial charge on any atom is 0.224 e. The molecule has 2 heterocycles. The van der Waals surface area contributed by atoms with Gasteiger partial charge in [-0.3, -0.25) is 4.79 Å². The van der Waals surface area contributed by atoms with E-state index in [0.29, 0.717) is 30.2 Å². The van der Waals surface area contributed by atoms with Crippen molar-refractivity contribution in [1.82, 2.24) is 5.32 Å². The Balaban J connectivity index is 1.30. The number of amides is 1. The largest absolute Gasteiger partial charge is 0.497 e. The van der Waals surface area contributed by atoms with Crippen molar-refractivity contribution in [2.45, 2.75) is 44.2 Å². The van der Waals surface area contributed by atoms with Crippen molar-refractivity contribution in [2.75, 3.05) is 12.4 Å². The zero-order chi connectivity index (χ0) is 18.6. The van der Waals surface area contributed by atoms with Gasteiger partial charge in [0.2, 0.25) is 5.91 Å². The summed E-state index contributed by atoms with van der Waals surface area (Å²) in [6.45, 7) is 0. The summed E-state index contributed by atoms with van der Waals surface area (Å²) in [6, 6.07) is 16.2. The molecule has 2 unspecified atom stereocenters. The Morgan fingerprint density at radius 1 is 1.04 bits per heavy atom. The van der Waals surface area contributed by atoms with Crippen molar-refractivity contribution in [2.24, 2.45) is 5.92 Å². The molecule has 2 bridgehead atoms. The van der Waals surface area contributed by atoms with Crippen LogP contribution in [0.3, 0.4) is 0 Å². The van der Waals surface area contributed by atoms with Crippen LogP contribution in [0.5, 0.6) is 17.2 Å². The molecule has 2 aliphatic heterocycles. The van der Waals surface area contributed by atoms with Crippen molar-refractivity contribution in [3.8, 4) is 17.2 Å². The molecule has 0 aliphatic carbocycles. The molecule has 2 aromatic carbocycles. The van der Waals surface area contributed by atoms with Gasteiger partial charge in [-0.15, -0.1) is 0 Å². The number of benzene rings is 2. The molecule has 2 atom stereocenters.